The number of ether oxygens (including phenoxy) is 2. The SMILES string of the molecule is COc1ccc(NC(=O)Nc2cc(C)ns2)c(OC)c1. The molecule has 1 heterocycles. The monoisotopic (exact) mass is 293 g/mol. The number of anilines is 2. The average Bonchev–Trinajstić information content (AvgIpc) is 2.84. The summed E-state index contributed by atoms with van der Waals surface area (Å²) in [5.74, 6) is 1.19. The van der Waals surface area contributed by atoms with Gasteiger partial charge in [0.25, 0.3) is 0 Å². The zero-order chi connectivity index (χ0) is 14.5. The van der Waals surface area contributed by atoms with E-state index >= 15 is 0 Å². The largest absolute Gasteiger partial charge is 0.497 e. The number of nitrogens with zero attached hydrogens (tertiary/aromatic N) is 1. The maximum Gasteiger partial charge on any atom is 0.324 e. The molecule has 2 aromatic rings. The highest BCUT2D eigenvalue weighted by Gasteiger charge is 2.10. The highest BCUT2D eigenvalue weighted by Crippen LogP contribution is 2.29. The van der Waals surface area contributed by atoms with Gasteiger partial charge in [-0.05, 0) is 36.7 Å². The van der Waals surface area contributed by atoms with Gasteiger partial charge in [0.05, 0.1) is 25.6 Å². The Bertz CT molecular complexity index is 613. The third-order valence-electron chi connectivity index (χ3n) is 2.52. The Hall–Kier alpha value is -2.28. The molecule has 106 valence electrons. The normalized spacial score (nSPS) is 9.95. The van der Waals surface area contributed by atoms with E-state index in [4.69, 9.17) is 9.47 Å². The average molecular weight is 293 g/mol. The molecule has 2 amide bonds. The molecule has 1 aromatic heterocycles. The Labute approximate surface area is 120 Å². The van der Waals surface area contributed by atoms with Crippen molar-refractivity contribution in [3.05, 3.63) is 30.0 Å². The molecule has 0 saturated carbocycles. The first-order chi connectivity index (χ1) is 9.62. The predicted octanol–water partition coefficient (Wildman–Crippen LogP) is 3.11. The molecule has 6 nitrogen and oxygen atoms in total. The van der Waals surface area contributed by atoms with Gasteiger partial charge in [0.15, 0.2) is 0 Å². The Morgan fingerprint density at radius 1 is 1.20 bits per heavy atom. The fourth-order valence-corrected chi connectivity index (χ4v) is 2.25. The van der Waals surface area contributed by atoms with Crippen LogP contribution in [0.15, 0.2) is 24.3 Å². The van der Waals surface area contributed by atoms with Crippen molar-refractivity contribution in [3.8, 4) is 11.5 Å². The highest BCUT2D eigenvalue weighted by molar-refractivity contribution is 7.10. The van der Waals surface area contributed by atoms with Crippen LogP contribution < -0.4 is 20.1 Å². The van der Waals surface area contributed by atoms with E-state index in [0.717, 1.165) is 5.69 Å². The fourth-order valence-electron chi connectivity index (χ4n) is 1.59. The summed E-state index contributed by atoms with van der Waals surface area (Å²) in [6, 6.07) is 6.61. The second kappa shape index (κ2) is 6.25. The van der Waals surface area contributed by atoms with Crippen LogP contribution in [0.4, 0.5) is 15.5 Å². The minimum atomic E-state index is -0.350. The molecule has 0 aliphatic heterocycles. The van der Waals surface area contributed by atoms with Crippen LogP contribution in [0.5, 0.6) is 11.5 Å². The number of urea groups is 1. The van der Waals surface area contributed by atoms with Crippen LogP contribution in [0.3, 0.4) is 0 Å². The number of aryl methyl sites for hydroxylation is 1. The highest BCUT2D eigenvalue weighted by atomic mass is 32.1. The molecule has 0 atom stereocenters. The number of aromatic nitrogens is 1. The van der Waals surface area contributed by atoms with Crippen LogP contribution >= 0.6 is 11.5 Å². The molecule has 20 heavy (non-hydrogen) atoms. The van der Waals surface area contributed by atoms with E-state index in [9.17, 15) is 4.79 Å². The number of hydrogen-bond acceptors (Lipinski definition) is 5. The Balaban J connectivity index is 2.07. The molecule has 0 aliphatic rings. The van der Waals surface area contributed by atoms with Gasteiger partial charge in [0, 0.05) is 6.07 Å². The van der Waals surface area contributed by atoms with Gasteiger partial charge >= 0.3 is 6.03 Å². The number of benzene rings is 1. The number of nitrogens with one attached hydrogen (secondary N) is 2. The lowest BCUT2D eigenvalue weighted by atomic mass is 10.2. The Morgan fingerprint density at radius 3 is 2.60 bits per heavy atom. The summed E-state index contributed by atoms with van der Waals surface area (Å²) in [6.07, 6.45) is 0. The van der Waals surface area contributed by atoms with Gasteiger partial charge in [-0.25, -0.2) is 4.79 Å². The van der Waals surface area contributed by atoms with Crippen molar-refractivity contribution in [1.29, 1.82) is 0 Å². The molecule has 0 radical (unpaired) electrons. The summed E-state index contributed by atoms with van der Waals surface area (Å²) in [4.78, 5) is 11.9. The molecule has 2 N–H and O–H groups in total. The van der Waals surface area contributed by atoms with Crippen LogP contribution in [0, 0.1) is 6.92 Å². The molecule has 0 aliphatic carbocycles. The molecule has 0 bridgehead atoms. The number of hydrogen-bond donors (Lipinski definition) is 2. The summed E-state index contributed by atoms with van der Waals surface area (Å²) in [7, 11) is 3.10. The van der Waals surface area contributed by atoms with Gasteiger partial charge in [0.1, 0.15) is 16.5 Å². The molecular formula is C13H15N3O3S. The van der Waals surface area contributed by atoms with Gasteiger partial charge in [-0.15, -0.1) is 0 Å². The van der Waals surface area contributed by atoms with Crippen molar-refractivity contribution < 1.29 is 14.3 Å². The maximum absolute atomic E-state index is 11.9. The van der Waals surface area contributed by atoms with E-state index in [0.29, 0.717) is 22.2 Å². The van der Waals surface area contributed by atoms with Gasteiger partial charge in [0.2, 0.25) is 0 Å². The fraction of sp³-hybridized carbons (Fsp3) is 0.231. The van der Waals surface area contributed by atoms with Crippen molar-refractivity contribution in [2.45, 2.75) is 6.92 Å². The van der Waals surface area contributed by atoms with Gasteiger partial charge in [-0.2, -0.15) is 4.37 Å². The lowest BCUT2D eigenvalue weighted by molar-refractivity contribution is 0.262. The standard InChI is InChI=1S/C13H15N3O3S/c1-8-6-12(20-16-8)15-13(17)14-10-5-4-9(18-2)7-11(10)19-3/h4-7H,1-3H3,(H2,14,15,17). The van der Waals surface area contributed by atoms with Crippen molar-refractivity contribution in [3.63, 3.8) is 0 Å². The summed E-state index contributed by atoms with van der Waals surface area (Å²) < 4.78 is 14.4. The first kappa shape index (κ1) is 14.1. The van der Waals surface area contributed by atoms with Crippen molar-refractivity contribution >= 4 is 28.3 Å². The van der Waals surface area contributed by atoms with Crippen molar-refractivity contribution in [2.24, 2.45) is 0 Å². The summed E-state index contributed by atoms with van der Waals surface area (Å²) in [6.45, 7) is 1.87. The summed E-state index contributed by atoms with van der Waals surface area (Å²) in [5, 5.41) is 6.12. The number of methoxy groups -OCH3 is 2. The first-order valence-electron chi connectivity index (χ1n) is 5.85. The van der Waals surface area contributed by atoms with E-state index in [1.54, 1.807) is 31.4 Å². The Morgan fingerprint density at radius 2 is 2.00 bits per heavy atom. The first-order valence-corrected chi connectivity index (χ1v) is 6.63. The van der Waals surface area contributed by atoms with Gasteiger partial charge in [-0.3, -0.25) is 5.32 Å². The number of carbonyl (C=O) groups excluding carboxylic acids is 1. The topological polar surface area (TPSA) is 72.5 Å². The van der Waals surface area contributed by atoms with Gasteiger partial charge in [-0.1, -0.05) is 0 Å². The van der Waals surface area contributed by atoms with E-state index in [1.807, 2.05) is 6.92 Å². The third-order valence-corrected chi connectivity index (χ3v) is 3.32. The predicted molar refractivity (Wildman–Crippen MR) is 79.0 cm³/mol. The van der Waals surface area contributed by atoms with Gasteiger partial charge < -0.3 is 14.8 Å². The molecule has 0 fully saturated rings. The zero-order valence-corrected chi connectivity index (χ0v) is 12.2. The minimum Gasteiger partial charge on any atom is -0.497 e. The smallest absolute Gasteiger partial charge is 0.324 e. The van der Waals surface area contributed by atoms with Crippen LogP contribution in [0.2, 0.25) is 0 Å². The van der Waals surface area contributed by atoms with Crippen molar-refractivity contribution in [2.75, 3.05) is 24.9 Å². The lowest BCUT2D eigenvalue weighted by Crippen LogP contribution is -2.19. The Kier molecular flexibility index (Phi) is 4.41. The zero-order valence-electron chi connectivity index (χ0n) is 11.4. The summed E-state index contributed by atoms with van der Waals surface area (Å²) in [5.41, 5.74) is 1.43. The molecule has 0 saturated heterocycles. The van der Waals surface area contributed by atoms with E-state index < -0.39 is 0 Å². The second-order valence-electron chi connectivity index (χ2n) is 3.98. The third kappa shape index (κ3) is 3.39. The minimum absolute atomic E-state index is 0.350. The molecule has 1 aromatic carbocycles. The molecule has 0 spiro atoms. The summed E-state index contributed by atoms with van der Waals surface area (Å²) >= 11 is 1.23. The van der Waals surface area contributed by atoms with E-state index in [2.05, 4.69) is 15.0 Å². The number of rotatable bonds is 4. The molecule has 2 rings (SSSR count). The molecular weight excluding hydrogens is 278 g/mol. The quantitative estimate of drug-likeness (QED) is 0.908. The van der Waals surface area contributed by atoms with Crippen LogP contribution in [-0.2, 0) is 0 Å². The number of amides is 2. The van der Waals surface area contributed by atoms with E-state index in [-0.39, 0.29) is 6.03 Å². The van der Waals surface area contributed by atoms with Crippen LogP contribution in [-0.4, -0.2) is 24.6 Å². The van der Waals surface area contributed by atoms with Crippen molar-refractivity contribution in [1.82, 2.24) is 4.37 Å². The van der Waals surface area contributed by atoms with Crippen LogP contribution in [0.25, 0.3) is 0 Å². The molecule has 0 unspecified atom stereocenters. The van der Waals surface area contributed by atoms with E-state index in [1.165, 1.54) is 18.6 Å². The second-order valence-corrected chi connectivity index (χ2v) is 4.78. The van der Waals surface area contributed by atoms with Crippen LogP contribution in [0.1, 0.15) is 5.69 Å². The molecule has 7 heteroatoms. The maximum atomic E-state index is 11.9. The number of carbonyl (C=O) groups is 1. The lowest BCUT2D eigenvalue weighted by Gasteiger charge is -2.11.